The Kier molecular flexibility index (Phi) is 2.59. The van der Waals surface area contributed by atoms with Gasteiger partial charge in [-0.2, -0.15) is 0 Å². The number of anilines is 1. The van der Waals surface area contributed by atoms with Crippen LogP contribution in [0.3, 0.4) is 0 Å². The topological polar surface area (TPSA) is 80.5 Å². The molecule has 1 unspecified atom stereocenters. The fraction of sp³-hybridized carbons (Fsp3) is 0.308. The molecule has 0 saturated heterocycles. The van der Waals surface area contributed by atoms with Crippen molar-refractivity contribution in [2.24, 2.45) is 5.92 Å². The maximum atomic E-state index is 5.77. The van der Waals surface area contributed by atoms with E-state index in [0.717, 1.165) is 24.2 Å². The molecule has 2 aromatic rings. The van der Waals surface area contributed by atoms with Gasteiger partial charge in [-0.05, 0) is 17.9 Å². The van der Waals surface area contributed by atoms with Gasteiger partial charge < -0.3 is 10.7 Å². The predicted molar refractivity (Wildman–Crippen MR) is 70.8 cm³/mol. The first kappa shape index (κ1) is 11.0. The first-order valence-corrected chi connectivity index (χ1v) is 6.04. The number of hydrogen-bond donors (Lipinski definition) is 2. The van der Waals surface area contributed by atoms with Crippen LogP contribution in [0.2, 0.25) is 0 Å². The maximum Gasteiger partial charge on any atom is 0.183 e. The lowest BCUT2D eigenvalue weighted by molar-refractivity contribution is 0.726. The van der Waals surface area contributed by atoms with E-state index in [2.05, 4.69) is 45.1 Å². The van der Waals surface area contributed by atoms with E-state index in [1.54, 1.807) is 0 Å². The molecule has 0 amide bonds. The van der Waals surface area contributed by atoms with Crippen LogP contribution in [-0.4, -0.2) is 19.9 Å². The molecule has 0 saturated carbocycles. The van der Waals surface area contributed by atoms with E-state index in [4.69, 9.17) is 5.73 Å². The number of nitrogen functional groups attached to an aromatic ring is 1. The lowest BCUT2D eigenvalue weighted by Gasteiger charge is -2.10. The lowest BCUT2D eigenvalue weighted by Crippen LogP contribution is -1.98. The third-order valence-electron chi connectivity index (χ3n) is 3.13. The average molecular weight is 241 g/mol. The van der Waals surface area contributed by atoms with E-state index in [9.17, 15) is 0 Å². The van der Waals surface area contributed by atoms with Crippen LogP contribution in [0.4, 0.5) is 5.82 Å². The van der Waals surface area contributed by atoms with Crippen LogP contribution in [0.5, 0.6) is 0 Å². The van der Waals surface area contributed by atoms with Gasteiger partial charge in [-0.15, -0.1) is 0 Å². The monoisotopic (exact) mass is 241 g/mol. The Bertz CT molecular complexity index is 638. The summed E-state index contributed by atoms with van der Waals surface area (Å²) in [5.74, 6) is 1.95. The molecular weight excluding hydrogens is 226 g/mol. The second kappa shape index (κ2) is 4.25. The second-order valence-corrected chi connectivity index (χ2v) is 4.67. The summed E-state index contributed by atoms with van der Waals surface area (Å²) in [6.07, 6.45) is 9.95. The van der Waals surface area contributed by atoms with Gasteiger partial charge in [-0.1, -0.05) is 25.2 Å². The van der Waals surface area contributed by atoms with Gasteiger partial charge in [0.25, 0.3) is 0 Å². The number of rotatable bonds is 2. The number of nitrogens with one attached hydrogen (secondary N) is 1. The number of aromatic amines is 1. The van der Waals surface area contributed by atoms with Crippen LogP contribution in [0.15, 0.2) is 30.1 Å². The van der Waals surface area contributed by atoms with Crippen molar-refractivity contribution in [1.82, 2.24) is 19.9 Å². The van der Waals surface area contributed by atoms with Crippen molar-refractivity contribution in [1.29, 1.82) is 0 Å². The summed E-state index contributed by atoms with van der Waals surface area (Å²) in [6.45, 7) is 2.21. The Balaban J connectivity index is 1.88. The summed E-state index contributed by atoms with van der Waals surface area (Å²) in [5, 5.41) is 0. The van der Waals surface area contributed by atoms with Gasteiger partial charge in [-0.3, -0.25) is 0 Å². The third kappa shape index (κ3) is 1.99. The Morgan fingerprint density at radius 1 is 1.44 bits per heavy atom. The van der Waals surface area contributed by atoms with Crippen LogP contribution < -0.4 is 5.73 Å². The van der Waals surface area contributed by atoms with Crippen LogP contribution in [-0.2, 0) is 6.42 Å². The van der Waals surface area contributed by atoms with Gasteiger partial charge in [0.15, 0.2) is 11.5 Å². The molecule has 5 heteroatoms. The molecule has 0 bridgehead atoms. The van der Waals surface area contributed by atoms with Crippen molar-refractivity contribution in [2.45, 2.75) is 19.8 Å². The fourth-order valence-corrected chi connectivity index (χ4v) is 2.07. The highest BCUT2D eigenvalue weighted by atomic mass is 15.0. The number of fused-ring (bicyclic) bond motifs is 1. The SMILES string of the molecule is CC1C=CC(Cc2nc3ncnc(N)c3[nH]2)=CC1. The highest BCUT2D eigenvalue weighted by Crippen LogP contribution is 2.20. The number of hydrogen-bond acceptors (Lipinski definition) is 4. The minimum Gasteiger partial charge on any atom is -0.382 e. The average Bonchev–Trinajstić information content (AvgIpc) is 2.76. The van der Waals surface area contributed by atoms with E-state index in [0.29, 0.717) is 17.4 Å². The number of aromatic nitrogens is 4. The van der Waals surface area contributed by atoms with Gasteiger partial charge in [0.05, 0.1) is 0 Å². The Labute approximate surface area is 105 Å². The van der Waals surface area contributed by atoms with E-state index in [-0.39, 0.29) is 0 Å². The van der Waals surface area contributed by atoms with E-state index >= 15 is 0 Å². The maximum absolute atomic E-state index is 5.77. The Hall–Kier alpha value is -2.17. The lowest BCUT2D eigenvalue weighted by atomic mass is 9.97. The van der Waals surface area contributed by atoms with E-state index in [1.165, 1.54) is 11.9 Å². The molecule has 0 fully saturated rings. The molecule has 1 aliphatic rings. The Morgan fingerprint density at radius 2 is 2.33 bits per heavy atom. The zero-order valence-electron chi connectivity index (χ0n) is 10.2. The van der Waals surface area contributed by atoms with Crippen molar-refractivity contribution in [3.63, 3.8) is 0 Å². The molecule has 5 nitrogen and oxygen atoms in total. The third-order valence-corrected chi connectivity index (χ3v) is 3.13. The van der Waals surface area contributed by atoms with Gasteiger partial charge in [0, 0.05) is 6.42 Å². The van der Waals surface area contributed by atoms with E-state index in [1.807, 2.05) is 0 Å². The molecule has 2 aromatic heterocycles. The number of nitrogens with zero attached hydrogens (tertiary/aromatic N) is 3. The van der Waals surface area contributed by atoms with Crippen molar-refractivity contribution in [2.75, 3.05) is 5.73 Å². The highest BCUT2D eigenvalue weighted by molar-refractivity contribution is 5.81. The first-order chi connectivity index (χ1) is 8.72. The molecule has 0 aliphatic heterocycles. The van der Waals surface area contributed by atoms with Gasteiger partial charge in [-0.25, -0.2) is 15.0 Å². The second-order valence-electron chi connectivity index (χ2n) is 4.67. The zero-order chi connectivity index (χ0) is 12.5. The van der Waals surface area contributed by atoms with Gasteiger partial charge in [0.2, 0.25) is 0 Å². The minimum atomic E-state index is 0.445. The molecule has 0 spiro atoms. The molecule has 92 valence electrons. The van der Waals surface area contributed by atoms with Gasteiger partial charge in [0.1, 0.15) is 17.7 Å². The molecule has 1 atom stereocenters. The summed E-state index contributed by atoms with van der Waals surface area (Å²) >= 11 is 0. The van der Waals surface area contributed by atoms with Crippen LogP contribution in [0, 0.1) is 5.92 Å². The summed E-state index contributed by atoms with van der Waals surface area (Å²) in [5.41, 5.74) is 8.40. The van der Waals surface area contributed by atoms with Crippen molar-refractivity contribution >= 4 is 17.0 Å². The molecule has 3 rings (SSSR count). The molecule has 0 aromatic carbocycles. The molecule has 3 N–H and O–H groups in total. The highest BCUT2D eigenvalue weighted by Gasteiger charge is 2.10. The number of nitrogens with two attached hydrogens (primary N) is 1. The number of H-pyrrole nitrogens is 1. The van der Waals surface area contributed by atoms with Crippen molar-refractivity contribution in [3.8, 4) is 0 Å². The molecule has 0 radical (unpaired) electrons. The molecule has 18 heavy (non-hydrogen) atoms. The quantitative estimate of drug-likeness (QED) is 0.842. The van der Waals surface area contributed by atoms with Crippen LogP contribution in [0.1, 0.15) is 19.2 Å². The standard InChI is InChI=1S/C13H15N5/c1-8-2-4-9(5-3-8)6-10-17-11-12(14)15-7-16-13(11)18-10/h2,4-5,7-8H,3,6H2,1H3,(H3,14,15,16,17,18). The number of imidazole rings is 1. The summed E-state index contributed by atoms with van der Waals surface area (Å²) in [7, 11) is 0. The summed E-state index contributed by atoms with van der Waals surface area (Å²) < 4.78 is 0. The zero-order valence-corrected chi connectivity index (χ0v) is 10.2. The minimum absolute atomic E-state index is 0.445. The van der Waals surface area contributed by atoms with Crippen LogP contribution in [0.25, 0.3) is 11.2 Å². The smallest absolute Gasteiger partial charge is 0.183 e. The largest absolute Gasteiger partial charge is 0.382 e. The van der Waals surface area contributed by atoms with Crippen molar-refractivity contribution < 1.29 is 0 Å². The summed E-state index contributed by atoms with van der Waals surface area (Å²) in [4.78, 5) is 15.7. The molecule has 2 heterocycles. The van der Waals surface area contributed by atoms with E-state index < -0.39 is 0 Å². The predicted octanol–water partition coefficient (Wildman–Crippen LogP) is 2.00. The normalized spacial score (nSPS) is 19.2. The molecular formula is C13H15N5. The molecule has 1 aliphatic carbocycles. The van der Waals surface area contributed by atoms with Crippen molar-refractivity contribution in [3.05, 3.63) is 36.0 Å². The van der Waals surface area contributed by atoms with Crippen LogP contribution >= 0.6 is 0 Å². The van der Waals surface area contributed by atoms with Gasteiger partial charge >= 0.3 is 0 Å². The first-order valence-electron chi connectivity index (χ1n) is 6.04. The Morgan fingerprint density at radius 3 is 3.06 bits per heavy atom. The number of allylic oxidation sites excluding steroid dienone is 4. The summed E-state index contributed by atoms with van der Waals surface area (Å²) in [6, 6.07) is 0. The fourth-order valence-electron chi connectivity index (χ4n) is 2.07.